The SMILES string of the molecule is CCCNC(c1cnn(CCC)c1)C1C2C3CCC(C3)C21. The second-order valence-electron chi connectivity index (χ2n) is 7.53. The largest absolute Gasteiger partial charge is 0.310 e. The number of aromatic nitrogens is 2. The van der Waals surface area contributed by atoms with Gasteiger partial charge in [-0.2, -0.15) is 5.10 Å². The Hall–Kier alpha value is -0.830. The Morgan fingerprint density at radius 3 is 2.67 bits per heavy atom. The lowest BCUT2D eigenvalue weighted by atomic mass is 9.94. The van der Waals surface area contributed by atoms with Gasteiger partial charge in [0.2, 0.25) is 0 Å². The minimum Gasteiger partial charge on any atom is -0.310 e. The van der Waals surface area contributed by atoms with Crippen molar-refractivity contribution in [2.45, 2.75) is 58.5 Å². The Morgan fingerprint density at radius 2 is 2.00 bits per heavy atom. The molecular weight excluding hydrogens is 258 g/mol. The third-order valence-electron chi connectivity index (χ3n) is 6.26. The van der Waals surface area contributed by atoms with Gasteiger partial charge in [-0.1, -0.05) is 13.8 Å². The molecule has 4 rings (SSSR count). The van der Waals surface area contributed by atoms with E-state index in [1.54, 1.807) is 6.42 Å². The molecule has 1 N–H and O–H groups in total. The van der Waals surface area contributed by atoms with Gasteiger partial charge in [0.25, 0.3) is 0 Å². The maximum Gasteiger partial charge on any atom is 0.0537 e. The summed E-state index contributed by atoms with van der Waals surface area (Å²) in [6, 6.07) is 0.564. The molecule has 0 saturated heterocycles. The molecule has 3 nitrogen and oxygen atoms in total. The Kier molecular flexibility index (Phi) is 3.56. The third kappa shape index (κ3) is 2.25. The molecule has 3 aliphatic carbocycles. The first-order valence-corrected chi connectivity index (χ1v) is 9.09. The number of nitrogens with one attached hydrogen (secondary N) is 1. The zero-order valence-corrected chi connectivity index (χ0v) is 13.5. The molecule has 2 bridgehead atoms. The number of hydrogen-bond donors (Lipinski definition) is 1. The Bertz CT molecular complexity index is 478. The molecule has 0 aliphatic heterocycles. The van der Waals surface area contributed by atoms with E-state index in [2.05, 4.69) is 41.3 Å². The lowest BCUT2D eigenvalue weighted by Gasteiger charge is -2.21. The molecule has 5 unspecified atom stereocenters. The average Bonchev–Trinajstić information content (AvgIpc) is 2.88. The monoisotopic (exact) mass is 287 g/mol. The van der Waals surface area contributed by atoms with E-state index in [9.17, 15) is 0 Å². The van der Waals surface area contributed by atoms with E-state index in [0.29, 0.717) is 6.04 Å². The summed E-state index contributed by atoms with van der Waals surface area (Å²) in [5.41, 5.74) is 1.44. The number of fused-ring (bicyclic) bond motifs is 5. The molecule has 116 valence electrons. The van der Waals surface area contributed by atoms with E-state index in [1.807, 2.05) is 0 Å². The van der Waals surface area contributed by atoms with Crippen molar-refractivity contribution < 1.29 is 0 Å². The van der Waals surface area contributed by atoms with Crippen molar-refractivity contribution >= 4 is 0 Å². The molecule has 3 fully saturated rings. The summed E-state index contributed by atoms with van der Waals surface area (Å²) >= 11 is 0. The zero-order valence-electron chi connectivity index (χ0n) is 13.5. The summed E-state index contributed by atoms with van der Waals surface area (Å²) < 4.78 is 2.13. The number of rotatable bonds is 7. The standard InChI is InChI=1S/C18H29N3/c1-3-7-19-18(14-10-20-21(11-14)8-4-2)17-15-12-5-6-13(9-12)16(15)17/h10-13,15-19H,3-9H2,1-2H3. The molecule has 3 heteroatoms. The lowest BCUT2D eigenvalue weighted by molar-refractivity contribution is 0.370. The summed E-state index contributed by atoms with van der Waals surface area (Å²) in [4.78, 5) is 0. The van der Waals surface area contributed by atoms with Gasteiger partial charge in [0, 0.05) is 24.3 Å². The fraction of sp³-hybridized carbons (Fsp3) is 0.833. The number of hydrogen-bond acceptors (Lipinski definition) is 2. The molecule has 3 saturated carbocycles. The van der Waals surface area contributed by atoms with E-state index in [1.165, 1.54) is 24.8 Å². The van der Waals surface area contributed by atoms with Crippen LogP contribution >= 0.6 is 0 Å². The summed E-state index contributed by atoms with van der Waals surface area (Å²) in [7, 11) is 0. The van der Waals surface area contributed by atoms with Gasteiger partial charge >= 0.3 is 0 Å². The van der Waals surface area contributed by atoms with Crippen molar-refractivity contribution in [3.8, 4) is 0 Å². The topological polar surface area (TPSA) is 29.9 Å². The Balaban J connectivity index is 1.52. The third-order valence-corrected chi connectivity index (χ3v) is 6.26. The highest BCUT2D eigenvalue weighted by Crippen LogP contribution is 2.72. The zero-order chi connectivity index (χ0) is 14.4. The van der Waals surface area contributed by atoms with Crippen LogP contribution in [0, 0.1) is 29.6 Å². The fourth-order valence-corrected chi connectivity index (χ4v) is 5.51. The van der Waals surface area contributed by atoms with E-state index in [4.69, 9.17) is 0 Å². The summed E-state index contributed by atoms with van der Waals surface area (Å²) in [6.07, 6.45) is 11.4. The lowest BCUT2D eigenvalue weighted by Crippen LogP contribution is -2.26. The van der Waals surface area contributed by atoms with Crippen LogP contribution < -0.4 is 5.32 Å². The smallest absolute Gasteiger partial charge is 0.0537 e. The molecule has 0 spiro atoms. The first-order chi connectivity index (χ1) is 10.3. The van der Waals surface area contributed by atoms with Gasteiger partial charge in [0.05, 0.1) is 6.20 Å². The van der Waals surface area contributed by atoms with Gasteiger partial charge in [-0.15, -0.1) is 0 Å². The van der Waals surface area contributed by atoms with Crippen LogP contribution in [0.1, 0.15) is 57.6 Å². The van der Waals surface area contributed by atoms with Crippen molar-refractivity contribution in [1.29, 1.82) is 0 Å². The van der Waals surface area contributed by atoms with E-state index >= 15 is 0 Å². The van der Waals surface area contributed by atoms with Crippen LogP contribution in [0.2, 0.25) is 0 Å². The van der Waals surface area contributed by atoms with Crippen LogP contribution in [0.15, 0.2) is 12.4 Å². The molecule has 5 atom stereocenters. The van der Waals surface area contributed by atoms with Crippen molar-refractivity contribution in [3.63, 3.8) is 0 Å². The highest BCUT2D eigenvalue weighted by atomic mass is 15.3. The molecule has 0 amide bonds. The predicted molar refractivity (Wildman–Crippen MR) is 84.9 cm³/mol. The van der Waals surface area contributed by atoms with Crippen molar-refractivity contribution in [2.24, 2.45) is 29.6 Å². The molecule has 0 radical (unpaired) electrons. The highest BCUT2D eigenvalue weighted by molar-refractivity contribution is 5.23. The van der Waals surface area contributed by atoms with Crippen LogP contribution in [0.25, 0.3) is 0 Å². The second kappa shape index (κ2) is 5.42. The van der Waals surface area contributed by atoms with Gasteiger partial charge < -0.3 is 5.32 Å². The number of nitrogens with zero attached hydrogens (tertiary/aromatic N) is 2. The van der Waals surface area contributed by atoms with Crippen LogP contribution in [0.5, 0.6) is 0 Å². The fourth-order valence-electron chi connectivity index (χ4n) is 5.51. The number of aryl methyl sites for hydroxylation is 1. The molecule has 21 heavy (non-hydrogen) atoms. The Morgan fingerprint density at radius 1 is 1.24 bits per heavy atom. The summed E-state index contributed by atoms with van der Waals surface area (Å²) in [5.74, 6) is 5.09. The van der Waals surface area contributed by atoms with Crippen LogP contribution in [-0.2, 0) is 6.54 Å². The van der Waals surface area contributed by atoms with E-state index < -0.39 is 0 Å². The van der Waals surface area contributed by atoms with Crippen molar-refractivity contribution in [1.82, 2.24) is 15.1 Å². The van der Waals surface area contributed by atoms with Gasteiger partial charge in [0.15, 0.2) is 0 Å². The minimum absolute atomic E-state index is 0.564. The molecule has 1 aromatic heterocycles. The minimum atomic E-state index is 0.564. The first-order valence-electron chi connectivity index (χ1n) is 9.09. The normalized spacial score (nSPS) is 37.7. The Labute approximate surface area is 128 Å². The average molecular weight is 287 g/mol. The van der Waals surface area contributed by atoms with Crippen molar-refractivity contribution in [2.75, 3.05) is 6.54 Å². The quantitative estimate of drug-likeness (QED) is 0.830. The maximum absolute atomic E-state index is 4.57. The van der Waals surface area contributed by atoms with Gasteiger partial charge in [-0.05, 0) is 68.2 Å². The molecule has 1 heterocycles. The summed E-state index contributed by atoms with van der Waals surface area (Å²) in [5, 5.41) is 8.42. The molecule has 1 aromatic rings. The first kappa shape index (κ1) is 13.8. The highest BCUT2D eigenvalue weighted by Gasteiger charge is 2.66. The van der Waals surface area contributed by atoms with Crippen LogP contribution in [0.4, 0.5) is 0 Å². The molecular formula is C18H29N3. The maximum atomic E-state index is 4.57. The second-order valence-corrected chi connectivity index (χ2v) is 7.53. The van der Waals surface area contributed by atoms with Gasteiger partial charge in [-0.3, -0.25) is 4.68 Å². The van der Waals surface area contributed by atoms with Gasteiger partial charge in [-0.25, -0.2) is 0 Å². The summed E-state index contributed by atoms with van der Waals surface area (Å²) in [6.45, 7) is 6.66. The predicted octanol–water partition coefficient (Wildman–Crippen LogP) is 3.63. The molecule has 3 aliphatic rings. The van der Waals surface area contributed by atoms with Crippen molar-refractivity contribution in [3.05, 3.63) is 18.0 Å². The van der Waals surface area contributed by atoms with E-state index in [-0.39, 0.29) is 0 Å². The van der Waals surface area contributed by atoms with Crippen LogP contribution in [-0.4, -0.2) is 16.3 Å². The van der Waals surface area contributed by atoms with Gasteiger partial charge in [0.1, 0.15) is 0 Å². The van der Waals surface area contributed by atoms with E-state index in [0.717, 1.165) is 49.1 Å². The van der Waals surface area contributed by atoms with Crippen LogP contribution in [0.3, 0.4) is 0 Å². The molecule has 0 aromatic carbocycles.